The number of imidazole rings is 1. The topological polar surface area (TPSA) is 75.4 Å². The van der Waals surface area contributed by atoms with Gasteiger partial charge in [-0.15, -0.1) is 0 Å². The molecule has 0 saturated carbocycles. The molecule has 0 aliphatic carbocycles. The van der Waals surface area contributed by atoms with Crippen molar-refractivity contribution in [2.24, 2.45) is 5.92 Å². The lowest BCUT2D eigenvalue weighted by atomic mass is 9.92. The highest BCUT2D eigenvalue weighted by molar-refractivity contribution is 5.99. The van der Waals surface area contributed by atoms with Gasteiger partial charge in [0.15, 0.2) is 5.82 Å². The van der Waals surface area contributed by atoms with Crippen LogP contribution in [0.25, 0.3) is 23.3 Å². The molecule has 1 aromatic heterocycles. The van der Waals surface area contributed by atoms with E-state index < -0.39 is 6.09 Å². The number of carbonyl (C=O) groups is 2. The molecule has 3 aromatic rings. The SMILES string of the molecule is O=C(c1nc2ccccc2n1/C=C\c1ccccc1)C1CCN(C(=O)O)CC1. The Morgan fingerprint density at radius 2 is 1.68 bits per heavy atom. The van der Waals surface area contributed by atoms with E-state index in [0.717, 1.165) is 16.6 Å². The molecule has 6 heteroatoms. The highest BCUT2D eigenvalue weighted by atomic mass is 16.4. The van der Waals surface area contributed by atoms with Gasteiger partial charge in [0.1, 0.15) is 0 Å². The zero-order valence-electron chi connectivity index (χ0n) is 15.4. The number of nitrogens with zero attached hydrogens (tertiary/aromatic N) is 3. The van der Waals surface area contributed by atoms with Crippen LogP contribution in [-0.2, 0) is 0 Å². The number of Topliss-reactive ketones (excluding diaryl/α,β-unsaturated/α-hetero) is 1. The molecule has 142 valence electrons. The minimum Gasteiger partial charge on any atom is -0.465 e. The number of piperidine rings is 1. The number of carboxylic acid groups (broad SMARTS) is 1. The van der Waals surface area contributed by atoms with Crippen LogP contribution in [0.4, 0.5) is 4.79 Å². The first-order chi connectivity index (χ1) is 13.6. The standard InChI is InChI=1S/C22H21N3O3/c26-20(17-11-13-24(14-12-17)22(27)28)21-23-18-8-4-5-9-19(18)25(21)15-10-16-6-2-1-3-7-16/h1-10,15,17H,11-14H2,(H,27,28)/b15-10-. The Labute approximate surface area is 162 Å². The first-order valence-corrected chi connectivity index (χ1v) is 9.36. The van der Waals surface area contributed by atoms with Crippen molar-refractivity contribution in [1.29, 1.82) is 0 Å². The molecular formula is C22H21N3O3. The molecule has 6 nitrogen and oxygen atoms in total. The van der Waals surface area contributed by atoms with Crippen LogP contribution in [0.15, 0.2) is 54.6 Å². The van der Waals surface area contributed by atoms with Crippen molar-refractivity contribution < 1.29 is 14.7 Å². The van der Waals surface area contributed by atoms with Gasteiger partial charge in [-0.05, 0) is 36.6 Å². The van der Waals surface area contributed by atoms with Crippen LogP contribution in [0.1, 0.15) is 29.0 Å². The molecule has 1 saturated heterocycles. The van der Waals surface area contributed by atoms with Crippen molar-refractivity contribution in [2.75, 3.05) is 13.1 Å². The average molecular weight is 375 g/mol. The van der Waals surface area contributed by atoms with E-state index in [-0.39, 0.29) is 11.7 Å². The minimum absolute atomic E-state index is 0.0287. The van der Waals surface area contributed by atoms with E-state index in [1.54, 1.807) is 0 Å². The average Bonchev–Trinajstić information content (AvgIpc) is 3.11. The Hall–Kier alpha value is -3.41. The number of fused-ring (bicyclic) bond motifs is 1. The third-order valence-electron chi connectivity index (χ3n) is 5.17. The maximum atomic E-state index is 13.2. The highest BCUT2D eigenvalue weighted by Crippen LogP contribution is 2.25. The van der Waals surface area contributed by atoms with Gasteiger partial charge in [-0.25, -0.2) is 9.78 Å². The molecule has 0 spiro atoms. The second-order valence-electron chi connectivity index (χ2n) is 6.93. The van der Waals surface area contributed by atoms with E-state index in [2.05, 4.69) is 4.98 Å². The Morgan fingerprint density at radius 3 is 2.39 bits per heavy atom. The van der Waals surface area contributed by atoms with Crippen molar-refractivity contribution in [3.8, 4) is 0 Å². The van der Waals surface area contributed by atoms with Crippen LogP contribution in [0.2, 0.25) is 0 Å². The zero-order chi connectivity index (χ0) is 19.5. The third-order valence-corrected chi connectivity index (χ3v) is 5.17. The van der Waals surface area contributed by atoms with E-state index in [4.69, 9.17) is 5.11 Å². The first kappa shape index (κ1) is 18.0. The molecule has 1 amide bonds. The van der Waals surface area contributed by atoms with Gasteiger partial charge in [-0.2, -0.15) is 0 Å². The summed E-state index contributed by atoms with van der Waals surface area (Å²) in [4.78, 5) is 30.3. The Kier molecular flexibility index (Phi) is 4.93. The number of likely N-dealkylation sites (tertiary alicyclic amines) is 1. The molecule has 1 aliphatic heterocycles. The van der Waals surface area contributed by atoms with E-state index in [1.807, 2.05) is 71.4 Å². The fourth-order valence-electron chi connectivity index (χ4n) is 3.61. The molecule has 1 aliphatic rings. The van der Waals surface area contributed by atoms with Gasteiger partial charge >= 0.3 is 6.09 Å². The van der Waals surface area contributed by atoms with Gasteiger partial charge in [0.05, 0.1) is 11.0 Å². The summed E-state index contributed by atoms with van der Waals surface area (Å²) in [5, 5.41) is 9.11. The van der Waals surface area contributed by atoms with Crippen LogP contribution in [-0.4, -0.2) is 44.5 Å². The predicted molar refractivity (Wildman–Crippen MR) is 108 cm³/mol. The molecule has 4 rings (SSSR count). The second kappa shape index (κ2) is 7.68. The number of benzene rings is 2. The van der Waals surface area contributed by atoms with Gasteiger partial charge in [-0.1, -0.05) is 42.5 Å². The molecule has 1 fully saturated rings. The summed E-state index contributed by atoms with van der Waals surface area (Å²) in [7, 11) is 0. The summed E-state index contributed by atoms with van der Waals surface area (Å²) < 4.78 is 1.84. The van der Waals surface area contributed by atoms with Crippen molar-refractivity contribution in [3.05, 3.63) is 66.0 Å². The van der Waals surface area contributed by atoms with Gasteiger partial charge in [-0.3, -0.25) is 9.36 Å². The summed E-state index contributed by atoms with van der Waals surface area (Å²) in [5.74, 6) is 0.164. The normalized spacial score (nSPS) is 15.4. The van der Waals surface area contributed by atoms with Gasteiger partial charge in [0.2, 0.25) is 5.78 Å². The smallest absolute Gasteiger partial charge is 0.407 e. The molecule has 0 unspecified atom stereocenters. The lowest BCUT2D eigenvalue weighted by Crippen LogP contribution is -2.39. The van der Waals surface area contributed by atoms with Crippen molar-refractivity contribution >= 4 is 35.2 Å². The summed E-state index contributed by atoms with van der Waals surface area (Å²) in [5.41, 5.74) is 2.68. The maximum Gasteiger partial charge on any atom is 0.407 e. The monoisotopic (exact) mass is 375 g/mol. The van der Waals surface area contributed by atoms with Crippen LogP contribution in [0.3, 0.4) is 0 Å². The van der Waals surface area contributed by atoms with Crippen LogP contribution < -0.4 is 0 Å². The van der Waals surface area contributed by atoms with E-state index in [0.29, 0.717) is 31.8 Å². The number of hydrogen-bond donors (Lipinski definition) is 1. The number of aromatic nitrogens is 2. The Balaban J connectivity index is 1.66. The van der Waals surface area contributed by atoms with Crippen molar-refractivity contribution in [3.63, 3.8) is 0 Å². The number of carbonyl (C=O) groups excluding carboxylic acids is 1. The number of hydrogen-bond acceptors (Lipinski definition) is 3. The van der Waals surface area contributed by atoms with Crippen LogP contribution in [0.5, 0.6) is 0 Å². The number of ketones is 1. The van der Waals surface area contributed by atoms with Crippen molar-refractivity contribution in [1.82, 2.24) is 14.5 Å². The largest absolute Gasteiger partial charge is 0.465 e. The molecular weight excluding hydrogens is 354 g/mol. The minimum atomic E-state index is -0.927. The second-order valence-corrected chi connectivity index (χ2v) is 6.93. The lowest BCUT2D eigenvalue weighted by molar-refractivity contribution is 0.0810. The van der Waals surface area contributed by atoms with E-state index >= 15 is 0 Å². The predicted octanol–water partition coefficient (Wildman–Crippen LogP) is 4.24. The lowest BCUT2D eigenvalue weighted by Gasteiger charge is -2.28. The van der Waals surface area contributed by atoms with Crippen molar-refractivity contribution in [2.45, 2.75) is 12.8 Å². The number of amides is 1. The Bertz CT molecular complexity index is 1030. The zero-order valence-corrected chi connectivity index (χ0v) is 15.4. The third kappa shape index (κ3) is 3.53. The van der Waals surface area contributed by atoms with Crippen LogP contribution >= 0.6 is 0 Å². The molecule has 2 aromatic carbocycles. The maximum absolute atomic E-state index is 13.2. The molecule has 0 atom stereocenters. The summed E-state index contributed by atoms with van der Waals surface area (Å²) in [6.07, 6.45) is 3.96. The van der Waals surface area contributed by atoms with E-state index in [9.17, 15) is 9.59 Å². The number of rotatable bonds is 4. The summed E-state index contributed by atoms with van der Waals surface area (Å²) in [6.45, 7) is 0.762. The highest BCUT2D eigenvalue weighted by Gasteiger charge is 2.30. The quantitative estimate of drug-likeness (QED) is 0.692. The summed E-state index contributed by atoms with van der Waals surface area (Å²) in [6, 6.07) is 17.6. The molecule has 0 radical (unpaired) electrons. The van der Waals surface area contributed by atoms with Gasteiger partial charge in [0, 0.05) is 25.2 Å². The summed E-state index contributed by atoms with van der Waals surface area (Å²) >= 11 is 0. The molecule has 28 heavy (non-hydrogen) atoms. The number of para-hydroxylation sites is 2. The molecule has 1 N–H and O–H groups in total. The fourth-order valence-corrected chi connectivity index (χ4v) is 3.61. The first-order valence-electron chi connectivity index (χ1n) is 9.36. The van der Waals surface area contributed by atoms with E-state index in [1.165, 1.54) is 4.90 Å². The molecule has 2 heterocycles. The molecule has 0 bridgehead atoms. The fraction of sp³-hybridized carbons (Fsp3) is 0.227. The van der Waals surface area contributed by atoms with Crippen LogP contribution in [0, 0.1) is 5.92 Å². The van der Waals surface area contributed by atoms with Gasteiger partial charge in [0.25, 0.3) is 0 Å². The Morgan fingerprint density at radius 1 is 1.00 bits per heavy atom. The van der Waals surface area contributed by atoms with Gasteiger partial charge < -0.3 is 10.0 Å².